The van der Waals surface area contributed by atoms with Crippen LogP contribution >= 0.6 is 0 Å². The molecular formula is C28H20N2O14S. The Morgan fingerprint density at radius 3 is 2.00 bits per heavy atom. The quantitative estimate of drug-likeness (QED) is 0.0607. The van der Waals surface area contributed by atoms with Crippen LogP contribution in [0, 0.1) is 20.2 Å². The summed E-state index contributed by atoms with van der Waals surface area (Å²) < 4.78 is 23.2. The number of esters is 1. The number of carbonyl (C=O) groups excluding carboxylic acids is 1. The van der Waals surface area contributed by atoms with Gasteiger partial charge in [-0.25, -0.2) is 18.7 Å². The Morgan fingerprint density at radius 1 is 0.778 bits per heavy atom. The molecule has 0 aliphatic carbocycles. The van der Waals surface area contributed by atoms with Gasteiger partial charge in [-0.3, -0.25) is 25.5 Å². The SMILES string of the molecule is O=C(O)c1cccc([N+](=O)[O-])c1C(=O)Oc1ccc(S(=O)Oc2ccc(OOCc3c(COO)cccc3[N+](=O)[O-])cc2)cc1. The number of carboxylic acid groups (broad SMARTS) is 1. The van der Waals surface area contributed by atoms with Crippen LogP contribution in [-0.4, -0.2) is 36.4 Å². The Hall–Kier alpha value is -5.75. The molecule has 0 radical (unpaired) electrons. The third-order valence-electron chi connectivity index (χ3n) is 5.92. The van der Waals surface area contributed by atoms with Crippen LogP contribution in [0.5, 0.6) is 17.2 Å². The van der Waals surface area contributed by atoms with Gasteiger partial charge in [-0.2, -0.15) is 4.89 Å². The first-order valence-electron chi connectivity index (χ1n) is 12.4. The Labute approximate surface area is 254 Å². The van der Waals surface area contributed by atoms with Crippen molar-refractivity contribution in [3.63, 3.8) is 0 Å². The Balaban J connectivity index is 1.35. The van der Waals surface area contributed by atoms with Crippen LogP contribution in [-0.2, 0) is 34.1 Å². The van der Waals surface area contributed by atoms with Crippen LogP contribution < -0.4 is 13.8 Å². The molecule has 232 valence electrons. The number of nitro benzene ring substituents is 2. The third-order valence-corrected chi connectivity index (χ3v) is 6.92. The van der Waals surface area contributed by atoms with Crippen molar-refractivity contribution < 1.29 is 57.6 Å². The molecular weight excluding hydrogens is 620 g/mol. The summed E-state index contributed by atoms with van der Waals surface area (Å²) in [7, 11) is 0. The van der Waals surface area contributed by atoms with Crippen molar-refractivity contribution in [1.29, 1.82) is 0 Å². The summed E-state index contributed by atoms with van der Waals surface area (Å²) in [4.78, 5) is 59.8. The summed E-state index contributed by atoms with van der Waals surface area (Å²) in [5.41, 5.74) is -1.87. The van der Waals surface area contributed by atoms with Crippen molar-refractivity contribution in [2.45, 2.75) is 18.1 Å². The van der Waals surface area contributed by atoms with Gasteiger partial charge in [0.05, 0.1) is 25.9 Å². The van der Waals surface area contributed by atoms with Gasteiger partial charge in [0.25, 0.3) is 11.4 Å². The van der Waals surface area contributed by atoms with E-state index in [2.05, 4.69) is 4.89 Å². The van der Waals surface area contributed by atoms with Crippen molar-refractivity contribution in [2.75, 3.05) is 0 Å². The molecule has 0 aromatic heterocycles. The standard InChI is InChI=1S/C28H20N2O14S/c31-27(32)22-4-2-6-25(30(36)37)26(22)28(33)42-18-11-13-21(14-12-18)45(39)44-20-9-7-19(8-10-20)43-41-16-23-17(15-40-38)3-1-5-24(23)29(34)35/h1-14,38H,15-16H2,(H,31,32). The fourth-order valence-corrected chi connectivity index (χ4v) is 4.61. The average Bonchev–Trinajstić information content (AvgIpc) is 3.02. The molecule has 0 amide bonds. The minimum Gasteiger partial charge on any atom is -0.478 e. The molecule has 0 saturated heterocycles. The molecule has 0 bridgehead atoms. The normalized spacial score (nSPS) is 11.3. The Kier molecular flexibility index (Phi) is 10.5. The fraction of sp³-hybridized carbons (Fsp3) is 0.0714. The molecule has 16 nitrogen and oxygen atoms in total. The zero-order valence-electron chi connectivity index (χ0n) is 22.6. The van der Waals surface area contributed by atoms with Crippen LogP contribution in [0.2, 0.25) is 0 Å². The lowest BCUT2D eigenvalue weighted by Crippen LogP contribution is -2.16. The van der Waals surface area contributed by atoms with Gasteiger partial charge in [0.15, 0.2) is 11.3 Å². The van der Waals surface area contributed by atoms with E-state index in [1.807, 2.05) is 0 Å². The smallest absolute Gasteiger partial charge is 0.351 e. The van der Waals surface area contributed by atoms with Gasteiger partial charge in [-0.15, -0.1) is 0 Å². The molecule has 1 unspecified atom stereocenters. The number of hydrogen-bond acceptors (Lipinski definition) is 13. The van der Waals surface area contributed by atoms with E-state index in [4.69, 9.17) is 24.0 Å². The van der Waals surface area contributed by atoms with Crippen LogP contribution in [0.1, 0.15) is 31.8 Å². The molecule has 0 aliphatic heterocycles. The highest BCUT2D eigenvalue weighted by atomic mass is 32.2. The number of ether oxygens (including phenoxy) is 1. The minimum atomic E-state index is -2.04. The molecule has 2 N–H and O–H groups in total. The molecule has 0 aliphatic rings. The molecule has 4 aromatic carbocycles. The highest BCUT2D eigenvalue weighted by molar-refractivity contribution is 7.80. The lowest BCUT2D eigenvalue weighted by molar-refractivity contribution is -0.386. The number of hydrogen-bond donors (Lipinski definition) is 2. The van der Waals surface area contributed by atoms with E-state index >= 15 is 0 Å². The van der Waals surface area contributed by atoms with Crippen LogP contribution in [0.4, 0.5) is 11.4 Å². The maximum Gasteiger partial charge on any atom is 0.351 e. The van der Waals surface area contributed by atoms with E-state index in [-0.39, 0.29) is 46.6 Å². The Bertz CT molecular complexity index is 1730. The van der Waals surface area contributed by atoms with Gasteiger partial charge in [0.2, 0.25) is 11.1 Å². The van der Waals surface area contributed by atoms with Crippen molar-refractivity contribution in [3.8, 4) is 17.2 Å². The van der Waals surface area contributed by atoms with Crippen LogP contribution in [0.3, 0.4) is 0 Å². The monoisotopic (exact) mass is 640 g/mol. The van der Waals surface area contributed by atoms with Crippen molar-refractivity contribution in [1.82, 2.24) is 0 Å². The second-order valence-electron chi connectivity index (χ2n) is 8.70. The predicted octanol–water partition coefficient (Wildman–Crippen LogP) is 5.02. The summed E-state index contributed by atoms with van der Waals surface area (Å²) in [5.74, 6) is -2.58. The molecule has 1 atom stereocenters. The number of nitro groups is 2. The van der Waals surface area contributed by atoms with Gasteiger partial charge in [-0.05, 0) is 60.2 Å². The van der Waals surface area contributed by atoms with Gasteiger partial charge < -0.3 is 18.9 Å². The van der Waals surface area contributed by atoms with E-state index < -0.39 is 49.7 Å². The molecule has 17 heteroatoms. The van der Waals surface area contributed by atoms with Gasteiger partial charge in [-0.1, -0.05) is 18.2 Å². The molecule has 4 aromatic rings. The Morgan fingerprint density at radius 2 is 1.38 bits per heavy atom. The van der Waals surface area contributed by atoms with E-state index in [1.54, 1.807) is 0 Å². The summed E-state index contributed by atoms with van der Waals surface area (Å²) >= 11 is -2.04. The molecule has 0 saturated carbocycles. The van der Waals surface area contributed by atoms with E-state index in [0.717, 1.165) is 18.2 Å². The first-order valence-corrected chi connectivity index (χ1v) is 13.5. The maximum absolute atomic E-state index is 12.7. The zero-order valence-corrected chi connectivity index (χ0v) is 23.4. The van der Waals surface area contributed by atoms with Crippen molar-refractivity contribution >= 4 is 34.4 Å². The average molecular weight is 641 g/mol. The number of aromatic carboxylic acids is 1. The van der Waals surface area contributed by atoms with E-state index in [0.29, 0.717) is 5.56 Å². The zero-order chi connectivity index (χ0) is 32.5. The molecule has 0 heterocycles. The second kappa shape index (κ2) is 14.6. The lowest BCUT2D eigenvalue weighted by Gasteiger charge is -2.10. The van der Waals surface area contributed by atoms with Crippen molar-refractivity contribution in [3.05, 3.63) is 127 Å². The predicted molar refractivity (Wildman–Crippen MR) is 151 cm³/mol. The molecule has 0 spiro atoms. The molecule has 45 heavy (non-hydrogen) atoms. The van der Waals surface area contributed by atoms with Gasteiger partial charge in [0.1, 0.15) is 24.7 Å². The molecule has 4 rings (SSSR count). The topological polar surface area (TPSA) is 224 Å². The highest BCUT2D eigenvalue weighted by Gasteiger charge is 2.29. The number of nitrogens with zero attached hydrogens (tertiary/aromatic N) is 2. The van der Waals surface area contributed by atoms with Crippen LogP contribution in [0.25, 0.3) is 0 Å². The number of carbonyl (C=O) groups is 2. The summed E-state index contributed by atoms with van der Waals surface area (Å²) in [6, 6.07) is 18.1. The fourth-order valence-electron chi connectivity index (χ4n) is 3.87. The summed E-state index contributed by atoms with van der Waals surface area (Å²) in [5, 5.41) is 40.7. The number of benzene rings is 4. The van der Waals surface area contributed by atoms with Gasteiger partial charge in [0, 0.05) is 12.1 Å². The third kappa shape index (κ3) is 8.00. The summed E-state index contributed by atoms with van der Waals surface area (Å²) in [6.45, 7) is -0.643. The minimum absolute atomic E-state index is 0.103. The van der Waals surface area contributed by atoms with Crippen LogP contribution in [0.15, 0.2) is 89.8 Å². The van der Waals surface area contributed by atoms with Gasteiger partial charge >= 0.3 is 11.9 Å². The highest BCUT2D eigenvalue weighted by Crippen LogP contribution is 2.27. The summed E-state index contributed by atoms with van der Waals surface area (Å²) in [6.07, 6.45) is 0. The largest absolute Gasteiger partial charge is 0.478 e. The second-order valence-corrected chi connectivity index (χ2v) is 9.81. The number of carboxylic acids is 1. The molecule has 0 fully saturated rings. The maximum atomic E-state index is 12.7. The first kappa shape index (κ1) is 32.2. The first-order chi connectivity index (χ1) is 21.6. The van der Waals surface area contributed by atoms with Crippen molar-refractivity contribution in [2.24, 2.45) is 0 Å². The van der Waals surface area contributed by atoms with E-state index in [1.165, 1.54) is 66.7 Å². The number of rotatable bonds is 14. The van der Waals surface area contributed by atoms with E-state index in [9.17, 15) is 39.1 Å². The lowest BCUT2D eigenvalue weighted by atomic mass is 10.1.